The summed E-state index contributed by atoms with van der Waals surface area (Å²) < 4.78 is 5.16. The van der Waals surface area contributed by atoms with E-state index < -0.39 is 5.97 Å². The standard InChI is InChI=1S/C15H22N2O4/c1-3-17(15(20)16-9-5-8-14(18)19)11-12-6-4-7-13(10-12)21-2/h4,6-7,10H,3,5,8-9,11H2,1-2H3,(H,16,20)(H,18,19). The number of carboxylic acid groups (broad SMARTS) is 1. The summed E-state index contributed by atoms with van der Waals surface area (Å²) >= 11 is 0. The number of aliphatic carboxylic acids is 1. The molecular weight excluding hydrogens is 272 g/mol. The average Bonchev–Trinajstić information content (AvgIpc) is 2.49. The number of hydrogen-bond acceptors (Lipinski definition) is 3. The third-order valence-corrected chi connectivity index (χ3v) is 3.02. The zero-order valence-electron chi connectivity index (χ0n) is 12.5. The first-order valence-corrected chi connectivity index (χ1v) is 6.94. The minimum absolute atomic E-state index is 0.0578. The molecule has 0 saturated heterocycles. The van der Waals surface area contributed by atoms with Crippen LogP contribution in [0.15, 0.2) is 24.3 Å². The first-order valence-electron chi connectivity index (χ1n) is 6.94. The summed E-state index contributed by atoms with van der Waals surface area (Å²) in [7, 11) is 1.60. The van der Waals surface area contributed by atoms with Crippen molar-refractivity contribution in [2.45, 2.75) is 26.3 Å². The molecular formula is C15H22N2O4. The number of nitrogens with one attached hydrogen (secondary N) is 1. The molecule has 0 aliphatic rings. The molecule has 2 amide bonds. The molecule has 0 bridgehead atoms. The van der Waals surface area contributed by atoms with Crippen LogP contribution in [-0.4, -0.2) is 42.2 Å². The van der Waals surface area contributed by atoms with E-state index in [9.17, 15) is 9.59 Å². The van der Waals surface area contributed by atoms with Gasteiger partial charge in [-0.25, -0.2) is 4.79 Å². The molecule has 2 N–H and O–H groups in total. The van der Waals surface area contributed by atoms with Crippen molar-refractivity contribution in [1.29, 1.82) is 0 Å². The van der Waals surface area contributed by atoms with Gasteiger partial charge in [0.1, 0.15) is 5.75 Å². The molecule has 1 aromatic rings. The van der Waals surface area contributed by atoms with Gasteiger partial charge in [0.05, 0.1) is 7.11 Å². The Balaban J connectivity index is 2.49. The van der Waals surface area contributed by atoms with E-state index >= 15 is 0 Å². The van der Waals surface area contributed by atoms with Crippen LogP contribution in [0.5, 0.6) is 5.75 Å². The molecule has 0 aliphatic heterocycles. The number of nitrogens with zero attached hydrogens (tertiary/aromatic N) is 1. The highest BCUT2D eigenvalue weighted by molar-refractivity contribution is 5.74. The minimum Gasteiger partial charge on any atom is -0.497 e. The van der Waals surface area contributed by atoms with E-state index in [-0.39, 0.29) is 12.5 Å². The number of hydrogen-bond donors (Lipinski definition) is 2. The second kappa shape index (κ2) is 8.84. The van der Waals surface area contributed by atoms with Gasteiger partial charge in [0, 0.05) is 26.1 Å². The lowest BCUT2D eigenvalue weighted by atomic mass is 10.2. The Morgan fingerprint density at radius 2 is 2.14 bits per heavy atom. The largest absolute Gasteiger partial charge is 0.497 e. The minimum atomic E-state index is -0.854. The van der Waals surface area contributed by atoms with E-state index in [0.29, 0.717) is 26.1 Å². The van der Waals surface area contributed by atoms with Crippen LogP contribution in [0, 0.1) is 0 Å². The molecule has 0 aromatic heterocycles. The number of rotatable bonds is 8. The van der Waals surface area contributed by atoms with Crippen molar-refractivity contribution >= 4 is 12.0 Å². The van der Waals surface area contributed by atoms with Crippen molar-refractivity contribution in [3.8, 4) is 5.75 Å². The number of methoxy groups -OCH3 is 1. The Hall–Kier alpha value is -2.24. The summed E-state index contributed by atoms with van der Waals surface area (Å²) in [6.45, 7) is 3.32. The van der Waals surface area contributed by atoms with E-state index in [4.69, 9.17) is 9.84 Å². The Bertz CT molecular complexity index is 476. The second-order valence-corrected chi connectivity index (χ2v) is 4.59. The molecule has 0 aliphatic carbocycles. The van der Waals surface area contributed by atoms with Crippen molar-refractivity contribution < 1.29 is 19.4 Å². The Morgan fingerprint density at radius 3 is 2.76 bits per heavy atom. The smallest absolute Gasteiger partial charge is 0.317 e. The third-order valence-electron chi connectivity index (χ3n) is 3.02. The van der Waals surface area contributed by atoms with E-state index in [1.54, 1.807) is 12.0 Å². The first-order chi connectivity index (χ1) is 10.1. The van der Waals surface area contributed by atoms with Crippen molar-refractivity contribution in [2.75, 3.05) is 20.2 Å². The zero-order valence-corrected chi connectivity index (χ0v) is 12.5. The predicted octanol–water partition coefficient (Wildman–Crippen LogP) is 2.09. The molecule has 0 spiro atoms. The fraction of sp³-hybridized carbons (Fsp3) is 0.467. The fourth-order valence-corrected chi connectivity index (χ4v) is 1.87. The second-order valence-electron chi connectivity index (χ2n) is 4.59. The maximum Gasteiger partial charge on any atom is 0.317 e. The number of carbonyl (C=O) groups is 2. The van der Waals surface area contributed by atoms with Crippen LogP contribution in [0.3, 0.4) is 0 Å². The molecule has 0 radical (unpaired) electrons. The van der Waals surface area contributed by atoms with Crippen LogP contribution in [0.1, 0.15) is 25.3 Å². The molecule has 6 heteroatoms. The number of benzene rings is 1. The number of urea groups is 1. The molecule has 6 nitrogen and oxygen atoms in total. The Labute approximate surface area is 124 Å². The molecule has 0 heterocycles. The summed E-state index contributed by atoms with van der Waals surface area (Å²) in [4.78, 5) is 24.1. The SMILES string of the molecule is CCN(Cc1cccc(OC)c1)C(=O)NCCCC(=O)O. The molecule has 1 rings (SSSR count). The fourth-order valence-electron chi connectivity index (χ4n) is 1.87. The Morgan fingerprint density at radius 1 is 1.38 bits per heavy atom. The Kier molecular flexibility index (Phi) is 7.08. The van der Waals surface area contributed by atoms with Gasteiger partial charge in [-0.15, -0.1) is 0 Å². The maximum atomic E-state index is 12.0. The lowest BCUT2D eigenvalue weighted by Gasteiger charge is -2.21. The monoisotopic (exact) mass is 294 g/mol. The molecule has 0 saturated carbocycles. The van der Waals surface area contributed by atoms with Gasteiger partial charge in [-0.3, -0.25) is 4.79 Å². The predicted molar refractivity (Wildman–Crippen MR) is 79.3 cm³/mol. The summed E-state index contributed by atoms with van der Waals surface area (Å²) in [5.74, 6) is -0.0987. The van der Waals surface area contributed by atoms with E-state index in [1.807, 2.05) is 31.2 Å². The maximum absolute atomic E-state index is 12.0. The zero-order chi connectivity index (χ0) is 15.7. The van der Waals surface area contributed by atoms with Crippen LogP contribution in [-0.2, 0) is 11.3 Å². The first kappa shape index (κ1) is 16.8. The van der Waals surface area contributed by atoms with Crippen LogP contribution < -0.4 is 10.1 Å². The topological polar surface area (TPSA) is 78.9 Å². The molecule has 0 atom stereocenters. The molecule has 21 heavy (non-hydrogen) atoms. The van der Waals surface area contributed by atoms with Crippen molar-refractivity contribution in [1.82, 2.24) is 10.2 Å². The van der Waals surface area contributed by atoms with Gasteiger partial charge in [0.15, 0.2) is 0 Å². The van der Waals surface area contributed by atoms with Crippen LogP contribution in [0.25, 0.3) is 0 Å². The highest BCUT2D eigenvalue weighted by Crippen LogP contribution is 2.14. The van der Waals surface area contributed by atoms with Crippen LogP contribution in [0.4, 0.5) is 4.79 Å². The summed E-state index contributed by atoms with van der Waals surface area (Å²) in [5.41, 5.74) is 0.983. The number of carboxylic acids is 1. The van der Waals surface area contributed by atoms with Gasteiger partial charge >= 0.3 is 12.0 Å². The van der Waals surface area contributed by atoms with Crippen molar-refractivity contribution in [2.24, 2.45) is 0 Å². The highest BCUT2D eigenvalue weighted by Gasteiger charge is 2.12. The number of carbonyl (C=O) groups excluding carboxylic acids is 1. The number of ether oxygens (including phenoxy) is 1. The summed E-state index contributed by atoms with van der Waals surface area (Å²) in [6.07, 6.45) is 0.486. The quantitative estimate of drug-likeness (QED) is 0.720. The van der Waals surface area contributed by atoms with Gasteiger partial charge in [0.2, 0.25) is 0 Å². The highest BCUT2D eigenvalue weighted by atomic mass is 16.5. The average molecular weight is 294 g/mol. The van der Waals surface area contributed by atoms with Gasteiger partial charge in [-0.05, 0) is 31.0 Å². The van der Waals surface area contributed by atoms with Crippen molar-refractivity contribution in [3.63, 3.8) is 0 Å². The lowest BCUT2D eigenvalue weighted by molar-refractivity contribution is -0.137. The normalized spacial score (nSPS) is 10.0. The number of amides is 2. The molecule has 116 valence electrons. The molecule has 0 fully saturated rings. The van der Waals surface area contributed by atoms with Crippen LogP contribution >= 0.6 is 0 Å². The summed E-state index contributed by atoms with van der Waals surface area (Å²) in [6, 6.07) is 7.37. The van der Waals surface area contributed by atoms with E-state index in [2.05, 4.69) is 5.32 Å². The van der Waals surface area contributed by atoms with E-state index in [1.165, 1.54) is 0 Å². The van der Waals surface area contributed by atoms with Gasteiger partial charge < -0.3 is 20.1 Å². The molecule has 0 unspecified atom stereocenters. The van der Waals surface area contributed by atoms with Crippen molar-refractivity contribution in [3.05, 3.63) is 29.8 Å². The lowest BCUT2D eigenvalue weighted by Crippen LogP contribution is -2.39. The molecule has 1 aromatic carbocycles. The van der Waals surface area contributed by atoms with Gasteiger partial charge in [-0.1, -0.05) is 12.1 Å². The van der Waals surface area contributed by atoms with Crippen LogP contribution in [0.2, 0.25) is 0 Å². The third kappa shape index (κ3) is 6.16. The van der Waals surface area contributed by atoms with Gasteiger partial charge in [-0.2, -0.15) is 0 Å². The van der Waals surface area contributed by atoms with E-state index in [0.717, 1.165) is 11.3 Å². The summed E-state index contributed by atoms with van der Waals surface area (Å²) in [5, 5.41) is 11.3. The van der Waals surface area contributed by atoms with Gasteiger partial charge in [0.25, 0.3) is 0 Å².